The molecule has 9 heteroatoms. The highest BCUT2D eigenvalue weighted by molar-refractivity contribution is 7.89. The molecule has 136 valence electrons. The van der Waals surface area contributed by atoms with Gasteiger partial charge in [-0.25, -0.2) is 18.6 Å². The van der Waals surface area contributed by atoms with Crippen molar-refractivity contribution in [3.05, 3.63) is 59.4 Å². The van der Waals surface area contributed by atoms with E-state index in [1.54, 1.807) is 18.2 Å². The number of carbonyl (C=O) groups is 1. The zero-order valence-corrected chi connectivity index (χ0v) is 15.7. The molecule has 0 aliphatic rings. The third kappa shape index (κ3) is 4.18. The first kappa shape index (κ1) is 18.3. The fourth-order valence-electron chi connectivity index (χ4n) is 2.34. The van der Waals surface area contributed by atoms with Crippen molar-refractivity contribution in [3.8, 4) is 0 Å². The van der Waals surface area contributed by atoms with Crippen LogP contribution in [0.1, 0.15) is 6.42 Å². The van der Waals surface area contributed by atoms with Crippen molar-refractivity contribution >= 4 is 37.5 Å². The maximum atomic E-state index is 12.1. The van der Waals surface area contributed by atoms with Crippen molar-refractivity contribution in [2.45, 2.75) is 11.3 Å². The Morgan fingerprint density at radius 1 is 1.12 bits per heavy atom. The number of hydrogen-bond acceptors (Lipinski definition) is 5. The van der Waals surface area contributed by atoms with E-state index in [1.807, 2.05) is 35.9 Å². The number of para-hydroxylation sites is 1. The minimum Gasteiger partial charge on any atom is -0.318 e. The van der Waals surface area contributed by atoms with Gasteiger partial charge in [0, 0.05) is 20.0 Å². The monoisotopic (exact) mass is 390 g/mol. The molecule has 0 radical (unpaired) electrons. The Labute approximate surface area is 155 Å². The summed E-state index contributed by atoms with van der Waals surface area (Å²) in [5.74, 6) is -0.363. The van der Waals surface area contributed by atoms with E-state index in [-0.39, 0.29) is 23.8 Å². The molecular formula is C17H18N4O3S2. The molecule has 26 heavy (non-hydrogen) atoms. The molecule has 0 spiro atoms. The van der Waals surface area contributed by atoms with Gasteiger partial charge in [-0.05, 0) is 24.3 Å². The maximum Gasteiger partial charge on any atom is 0.241 e. The first-order chi connectivity index (χ1) is 12.5. The topological polar surface area (TPSA) is 92.6 Å². The Kier molecular flexibility index (Phi) is 5.50. The Hall–Kier alpha value is -2.49. The van der Waals surface area contributed by atoms with Gasteiger partial charge in [0.05, 0.1) is 15.1 Å². The number of sulfonamides is 1. The van der Waals surface area contributed by atoms with Crippen molar-refractivity contribution in [1.82, 2.24) is 14.7 Å². The van der Waals surface area contributed by atoms with Crippen LogP contribution in [-0.4, -0.2) is 25.4 Å². The molecule has 0 aliphatic carbocycles. The number of fused-ring (bicyclic) bond motifs is 1. The molecule has 0 saturated carbocycles. The predicted molar refractivity (Wildman–Crippen MR) is 101 cm³/mol. The van der Waals surface area contributed by atoms with Crippen molar-refractivity contribution < 1.29 is 13.2 Å². The van der Waals surface area contributed by atoms with E-state index >= 15 is 0 Å². The number of amides is 1. The molecule has 0 aliphatic heterocycles. The van der Waals surface area contributed by atoms with E-state index in [4.69, 9.17) is 0 Å². The van der Waals surface area contributed by atoms with Crippen LogP contribution in [0, 0.1) is 0 Å². The van der Waals surface area contributed by atoms with Crippen LogP contribution in [0.2, 0.25) is 0 Å². The Morgan fingerprint density at radius 2 is 1.81 bits per heavy atom. The van der Waals surface area contributed by atoms with E-state index < -0.39 is 10.0 Å². The molecule has 2 N–H and O–H groups in total. The molecule has 0 saturated heterocycles. The number of nitrogens with one attached hydrogen (secondary N) is 2. The summed E-state index contributed by atoms with van der Waals surface area (Å²) < 4.78 is 29.5. The summed E-state index contributed by atoms with van der Waals surface area (Å²) in [6.07, 6.45) is -0.00975. The van der Waals surface area contributed by atoms with Gasteiger partial charge in [0.1, 0.15) is 0 Å². The zero-order chi connectivity index (χ0) is 18.6. The third-order valence-corrected chi connectivity index (χ3v) is 6.28. The second kappa shape index (κ2) is 7.81. The SMILES string of the molecule is Cn1/c(=N\NC(=O)CCNS(=O)(=O)c2ccccc2)sc2ccccc21. The summed E-state index contributed by atoms with van der Waals surface area (Å²) in [7, 11) is -1.74. The molecule has 0 fully saturated rings. The van der Waals surface area contributed by atoms with Gasteiger partial charge in [0.25, 0.3) is 0 Å². The zero-order valence-electron chi connectivity index (χ0n) is 14.0. The number of hydrogen-bond donors (Lipinski definition) is 2. The van der Waals surface area contributed by atoms with Crippen molar-refractivity contribution in [2.75, 3.05) is 6.54 Å². The van der Waals surface area contributed by atoms with Crippen LogP contribution < -0.4 is 14.9 Å². The highest BCUT2D eigenvalue weighted by atomic mass is 32.2. The first-order valence-electron chi connectivity index (χ1n) is 7.89. The van der Waals surface area contributed by atoms with Gasteiger partial charge in [0.15, 0.2) is 0 Å². The van der Waals surface area contributed by atoms with Gasteiger partial charge >= 0.3 is 0 Å². The van der Waals surface area contributed by atoms with Crippen molar-refractivity contribution in [3.63, 3.8) is 0 Å². The van der Waals surface area contributed by atoms with Gasteiger partial charge in [-0.1, -0.05) is 41.7 Å². The van der Waals surface area contributed by atoms with Crippen molar-refractivity contribution in [2.24, 2.45) is 12.1 Å². The van der Waals surface area contributed by atoms with Crippen LogP contribution in [0.4, 0.5) is 0 Å². The van der Waals surface area contributed by atoms with E-state index in [0.29, 0.717) is 4.80 Å². The number of thiazole rings is 1. The second-order valence-electron chi connectivity index (χ2n) is 5.52. The van der Waals surface area contributed by atoms with Gasteiger partial charge < -0.3 is 4.57 Å². The average Bonchev–Trinajstić information content (AvgIpc) is 2.97. The number of aryl methyl sites for hydroxylation is 1. The standard InChI is InChI=1S/C17H18N4O3S2/c1-21-14-9-5-6-10-15(14)25-17(21)20-19-16(22)11-12-18-26(23,24)13-7-3-2-4-8-13/h2-10,18H,11-12H2,1H3,(H,19,22)/b20-17+. The fraction of sp³-hybridized carbons (Fsp3) is 0.176. The van der Waals surface area contributed by atoms with Crippen molar-refractivity contribution in [1.29, 1.82) is 0 Å². The lowest BCUT2D eigenvalue weighted by atomic mass is 10.3. The highest BCUT2D eigenvalue weighted by Crippen LogP contribution is 2.14. The molecule has 0 atom stereocenters. The molecule has 3 aromatic rings. The molecule has 0 unspecified atom stereocenters. The van der Waals surface area contributed by atoms with Crippen LogP contribution in [-0.2, 0) is 21.9 Å². The first-order valence-corrected chi connectivity index (χ1v) is 10.2. The largest absolute Gasteiger partial charge is 0.318 e. The third-order valence-electron chi connectivity index (χ3n) is 3.69. The van der Waals surface area contributed by atoms with Crippen LogP contribution in [0.15, 0.2) is 64.6 Å². The van der Waals surface area contributed by atoms with Gasteiger partial charge in [-0.2, -0.15) is 0 Å². The average molecular weight is 390 g/mol. The van der Waals surface area contributed by atoms with Gasteiger partial charge in [0.2, 0.25) is 20.7 Å². The fourth-order valence-corrected chi connectivity index (χ4v) is 4.37. The number of nitrogens with zero attached hydrogens (tertiary/aromatic N) is 2. The van der Waals surface area contributed by atoms with Crippen LogP contribution in [0.3, 0.4) is 0 Å². The summed E-state index contributed by atoms with van der Waals surface area (Å²) in [4.78, 5) is 12.7. The Balaban J connectivity index is 1.58. The van der Waals surface area contributed by atoms with Gasteiger partial charge in [-0.15, -0.1) is 5.10 Å². The lowest BCUT2D eigenvalue weighted by molar-refractivity contribution is -0.121. The summed E-state index contributed by atoms with van der Waals surface area (Å²) in [6.45, 7) is -0.00286. The lowest BCUT2D eigenvalue weighted by Crippen LogP contribution is -2.30. The second-order valence-corrected chi connectivity index (χ2v) is 8.30. The molecule has 1 heterocycles. The molecule has 3 rings (SSSR count). The smallest absolute Gasteiger partial charge is 0.241 e. The highest BCUT2D eigenvalue weighted by Gasteiger charge is 2.13. The molecule has 7 nitrogen and oxygen atoms in total. The Bertz CT molecular complexity index is 1090. The molecule has 1 aromatic heterocycles. The normalized spacial score (nSPS) is 12.4. The van der Waals surface area contributed by atoms with Gasteiger partial charge in [-0.3, -0.25) is 4.79 Å². The van der Waals surface area contributed by atoms with E-state index in [0.717, 1.165) is 10.2 Å². The molecule has 1 amide bonds. The van der Waals surface area contributed by atoms with E-state index in [1.165, 1.54) is 23.5 Å². The van der Waals surface area contributed by atoms with E-state index in [9.17, 15) is 13.2 Å². The minimum atomic E-state index is -3.61. The minimum absolute atomic E-state index is 0.00286. The number of aromatic nitrogens is 1. The summed E-state index contributed by atoms with van der Waals surface area (Å²) in [5, 5.41) is 4.12. The maximum absolute atomic E-state index is 12.1. The summed E-state index contributed by atoms with van der Waals surface area (Å²) in [6, 6.07) is 15.9. The lowest BCUT2D eigenvalue weighted by Gasteiger charge is -2.05. The predicted octanol–water partition coefficient (Wildman–Crippen LogP) is 1.54. The number of benzene rings is 2. The molecule has 2 aromatic carbocycles. The Morgan fingerprint density at radius 3 is 2.54 bits per heavy atom. The van der Waals surface area contributed by atoms with Crippen LogP contribution >= 0.6 is 11.3 Å². The van der Waals surface area contributed by atoms with Crippen LogP contribution in [0.5, 0.6) is 0 Å². The molecule has 0 bridgehead atoms. The van der Waals surface area contributed by atoms with E-state index in [2.05, 4.69) is 15.2 Å². The summed E-state index contributed by atoms with van der Waals surface area (Å²) >= 11 is 1.46. The number of carbonyl (C=O) groups excluding carboxylic acids is 1. The van der Waals surface area contributed by atoms with Crippen LogP contribution in [0.25, 0.3) is 10.2 Å². The molecular weight excluding hydrogens is 372 g/mol. The number of rotatable bonds is 6. The quantitative estimate of drug-likeness (QED) is 0.626. The summed E-state index contributed by atoms with van der Waals surface area (Å²) in [5.41, 5.74) is 3.50.